The van der Waals surface area contributed by atoms with E-state index in [-0.39, 0.29) is 17.6 Å². The summed E-state index contributed by atoms with van der Waals surface area (Å²) in [5, 5.41) is 4.15. The molecule has 1 aromatic heterocycles. The van der Waals surface area contributed by atoms with E-state index < -0.39 is 10.0 Å². The summed E-state index contributed by atoms with van der Waals surface area (Å²) < 4.78 is 25.3. The predicted molar refractivity (Wildman–Crippen MR) is 109 cm³/mol. The van der Waals surface area contributed by atoms with Crippen molar-refractivity contribution >= 4 is 44.0 Å². The Morgan fingerprint density at radius 2 is 1.96 bits per heavy atom. The Labute approximate surface area is 168 Å². The van der Waals surface area contributed by atoms with Crippen molar-refractivity contribution in [1.82, 2.24) is 9.29 Å². The van der Waals surface area contributed by atoms with Crippen LogP contribution in [0.1, 0.15) is 30.2 Å². The smallest absolute Gasteiger partial charge is 0.229 e. The van der Waals surface area contributed by atoms with Gasteiger partial charge < -0.3 is 5.32 Å². The van der Waals surface area contributed by atoms with Crippen molar-refractivity contribution in [2.75, 3.05) is 24.2 Å². The Hall–Kier alpha value is -1.48. The Morgan fingerprint density at radius 1 is 1.30 bits per heavy atom. The fraction of sp³-hybridized carbons (Fsp3) is 0.444. The molecular weight excluding hydrogens is 406 g/mol. The number of hydrogen-bond acceptors (Lipinski definition) is 5. The molecule has 1 saturated heterocycles. The molecule has 1 fully saturated rings. The molecule has 146 valence electrons. The second-order valence-corrected chi connectivity index (χ2v) is 10.3. The van der Waals surface area contributed by atoms with Gasteiger partial charge in [-0.1, -0.05) is 23.7 Å². The lowest BCUT2D eigenvalue weighted by molar-refractivity contribution is -0.120. The van der Waals surface area contributed by atoms with E-state index in [2.05, 4.69) is 10.3 Å². The van der Waals surface area contributed by atoms with Gasteiger partial charge in [-0.05, 0) is 37.5 Å². The van der Waals surface area contributed by atoms with Crippen molar-refractivity contribution in [3.63, 3.8) is 0 Å². The topological polar surface area (TPSA) is 79.4 Å². The first-order chi connectivity index (χ1) is 12.9. The third-order valence-electron chi connectivity index (χ3n) is 4.66. The fourth-order valence-corrected chi connectivity index (χ4v) is 5.14. The Bertz CT molecular complexity index is 889. The fourth-order valence-electron chi connectivity index (χ4n) is 3.04. The SMILES string of the molecule is CCS(=O)(=O)N1CCC(C(=O)Nc2ncc(Cc3ccc(Cl)cc3)s2)CC1. The second kappa shape index (κ2) is 8.68. The zero-order chi connectivity index (χ0) is 19.4. The zero-order valence-electron chi connectivity index (χ0n) is 15.0. The Morgan fingerprint density at radius 3 is 2.59 bits per heavy atom. The van der Waals surface area contributed by atoms with Crippen LogP contribution in [0.4, 0.5) is 5.13 Å². The lowest BCUT2D eigenvalue weighted by atomic mass is 9.97. The van der Waals surface area contributed by atoms with Crippen LogP contribution in [-0.4, -0.2) is 42.5 Å². The lowest BCUT2D eigenvalue weighted by Crippen LogP contribution is -2.42. The van der Waals surface area contributed by atoms with Crippen LogP contribution >= 0.6 is 22.9 Å². The predicted octanol–water partition coefficient (Wildman–Crippen LogP) is 3.39. The van der Waals surface area contributed by atoms with Crippen molar-refractivity contribution in [2.45, 2.75) is 26.2 Å². The number of anilines is 1. The van der Waals surface area contributed by atoms with Crippen LogP contribution in [0.25, 0.3) is 0 Å². The van der Waals surface area contributed by atoms with Gasteiger partial charge in [-0.3, -0.25) is 4.79 Å². The molecule has 0 atom stereocenters. The normalized spacial score (nSPS) is 16.4. The standard InChI is InChI=1S/C18H22ClN3O3S2/c1-2-27(24,25)22-9-7-14(8-10-22)17(23)21-18-20-12-16(26-18)11-13-3-5-15(19)6-4-13/h3-6,12,14H,2,7-11H2,1H3,(H,20,21,23). The molecule has 0 bridgehead atoms. The van der Waals surface area contributed by atoms with E-state index in [9.17, 15) is 13.2 Å². The summed E-state index contributed by atoms with van der Waals surface area (Å²) in [6.45, 7) is 2.43. The maximum Gasteiger partial charge on any atom is 0.229 e. The van der Waals surface area contributed by atoms with Crippen molar-refractivity contribution in [3.8, 4) is 0 Å². The molecular formula is C18H22ClN3O3S2. The van der Waals surface area contributed by atoms with E-state index in [4.69, 9.17) is 11.6 Å². The van der Waals surface area contributed by atoms with Crippen LogP contribution in [0, 0.1) is 5.92 Å². The van der Waals surface area contributed by atoms with Gasteiger partial charge in [-0.15, -0.1) is 11.3 Å². The minimum absolute atomic E-state index is 0.0871. The van der Waals surface area contributed by atoms with Crippen LogP contribution in [0.2, 0.25) is 5.02 Å². The number of carbonyl (C=O) groups excluding carboxylic acids is 1. The summed E-state index contributed by atoms with van der Waals surface area (Å²) in [6.07, 6.45) is 3.57. The molecule has 1 aliphatic heterocycles. The van der Waals surface area contributed by atoms with E-state index in [0.29, 0.717) is 36.1 Å². The summed E-state index contributed by atoms with van der Waals surface area (Å²) >= 11 is 7.35. The molecule has 0 unspecified atom stereocenters. The molecule has 1 N–H and O–H groups in total. The Balaban J connectivity index is 1.53. The minimum atomic E-state index is -3.18. The number of nitrogens with zero attached hydrogens (tertiary/aromatic N) is 2. The van der Waals surface area contributed by atoms with Crippen LogP contribution in [0.5, 0.6) is 0 Å². The number of hydrogen-bond donors (Lipinski definition) is 1. The average molecular weight is 428 g/mol. The molecule has 1 amide bonds. The quantitative estimate of drug-likeness (QED) is 0.766. The van der Waals surface area contributed by atoms with Gasteiger partial charge >= 0.3 is 0 Å². The van der Waals surface area contributed by atoms with E-state index >= 15 is 0 Å². The van der Waals surface area contributed by atoms with Gasteiger partial charge in [0.25, 0.3) is 0 Å². The van der Waals surface area contributed by atoms with Crippen LogP contribution < -0.4 is 5.32 Å². The molecule has 2 heterocycles. The van der Waals surface area contributed by atoms with E-state index in [1.807, 2.05) is 24.3 Å². The van der Waals surface area contributed by atoms with Crippen molar-refractivity contribution in [1.29, 1.82) is 0 Å². The van der Waals surface area contributed by atoms with Gasteiger partial charge in [-0.2, -0.15) is 0 Å². The molecule has 1 aliphatic rings. The highest BCUT2D eigenvalue weighted by atomic mass is 35.5. The number of sulfonamides is 1. The maximum atomic E-state index is 12.5. The van der Waals surface area contributed by atoms with Gasteiger partial charge in [0.2, 0.25) is 15.9 Å². The highest BCUT2D eigenvalue weighted by Gasteiger charge is 2.30. The van der Waals surface area contributed by atoms with Crippen LogP contribution in [0.15, 0.2) is 30.5 Å². The molecule has 9 heteroatoms. The highest BCUT2D eigenvalue weighted by molar-refractivity contribution is 7.89. The second-order valence-electron chi connectivity index (χ2n) is 6.50. The first-order valence-electron chi connectivity index (χ1n) is 8.85. The number of nitrogens with one attached hydrogen (secondary N) is 1. The average Bonchev–Trinajstić information content (AvgIpc) is 3.10. The van der Waals surface area contributed by atoms with Gasteiger partial charge in [0.05, 0.1) is 5.75 Å². The lowest BCUT2D eigenvalue weighted by Gasteiger charge is -2.30. The Kier molecular flexibility index (Phi) is 6.52. The van der Waals surface area contributed by atoms with Gasteiger partial charge in [-0.25, -0.2) is 17.7 Å². The van der Waals surface area contributed by atoms with Gasteiger partial charge in [0, 0.05) is 41.5 Å². The van der Waals surface area contributed by atoms with Crippen molar-refractivity contribution in [3.05, 3.63) is 45.9 Å². The first kappa shape index (κ1) is 20.3. The van der Waals surface area contributed by atoms with E-state index in [1.165, 1.54) is 15.6 Å². The molecule has 0 radical (unpaired) electrons. The molecule has 0 spiro atoms. The van der Waals surface area contributed by atoms with Crippen molar-refractivity contribution in [2.24, 2.45) is 5.92 Å². The molecule has 0 aliphatic carbocycles. The summed E-state index contributed by atoms with van der Waals surface area (Å²) in [6, 6.07) is 7.65. The van der Waals surface area contributed by atoms with E-state index in [1.54, 1.807) is 13.1 Å². The number of rotatable bonds is 6. The number of thiazole rings is 1. The first-order valence-corrected chi connectivity index (χ1v) is 11.7. The number of halogens is 1. The van der Waals surface area contributed by atoms with Crippen LogP contribution in [0.3, 0.4) is 0 Å². The summed E-state index contributed by atoms with van der Waals surface area (Å²) in [4.78, 5) is 17.8. The molecule has 6 nitrogen and oxygen atoms in total. The number of carbonyl (C=O) groups is 1. The third kappa shape index (κ3) is 5.28. The van der Waals surface area contributed by atoms with Crippen LogP contribution in [-0.2, 0) is 21.2 Å². The summed E-state index contributed by atoms with van der Waals surface area (Å²) in [7, 11) is -3.18. The number of benzene rings is 1. The number of amides is 1. The van der Waals surface area contributed by atoms with E-state index in [0.717, 1.165) is 16.9 Å². The third-order valence-corrected chi connectivity index (χ3v) is 7.70. The molecule has 27 heavy (non-hydrogen) atoms. The largest absolute Gasteiger partial charge is 0.302 e. The molecule has 1 aromatic carbocycles. The summed E-state index contributed by atoms with van der Waals surface area (Å²) in [5.41, 5.74) is 1.13. The monoisotopic (exact) mass is 427 g/mol. The molecule has 0 saturated carbocycles. The van der Waals surface area contributed by atoms with Gasteiger partial charge in [0.1, 0.15) is 0 Å². The van der Waals surface area contributed by atoms with Crippen molar-refractivity contribution < 1.29 is 13.2 Å². The zero-order valence-corrected chi connectivity index (χ0v) is 17.4. The molecule has 2 aromatic rings. The molecule has 3 rings (SSSR count). The number of aromatic nitrogens is 1. The summed E-state index contributed by atoms with van der Waals surface area (Å²) in [5.74, 6) is -0.174. The van der Waals surface area contributed by atoms with Gasteiger partial charge in [0.15, 0.2) is 5.13 Å². The highest BCUT2D eigenvalue weighted by Crippen LogP contribution is 2.25. The maximum absolute atomic E-state index is 12.5. The number of piperidine rings is 1. The minimum Gasteiger partial charge on any atom is -0.302 e.